The molecule has 0 N–H and O–H groups in total. The molecule has 2 aromatic heterocycles. The highest BCUT2D eigenvalue weighted by Gasteiger charge is 2.09. The first-order chi connectivity index (χ1) is 11.0. The number of halogens is 1. The molecule has 0 saturated carbocycles. The minimum Gasteiger partial charge on any atom is -0.311 e. The molecule has 0 spiro atoms. The van der Waals surface area contributed by atoms with Crippen LogP contribution in [0.3, 0.4) is 0 Å². The second-order valence-corrected chi connectivity index (χ2v) is 6.14. The van der Waals surface area contributed by atoms with Crippen molar-refractivity contribution in [3.63, 3.8) is 0 Å². The highest BCUT2D eigenvalue weighted by atomic mass is 35.5. The van der Waals surface area contributed by atoms with Gasteiger partial charge < -0.3 is 4.57 Å². The van der Waals surface area contributed by atoms with E-state index in [0.717, 1.165) is 22.0 Å². The summed E-state index contributed by atoms with van der Waals surface area (Å²) in [7, 11) is 3.81. The minimum absolute atomic E-state index is 0.0461. The van der Waals surface area contributed by atoms with Gasteiger partial charge in [-0.05, 0) is 36.2 Å². The van der Waals surface area contributed by atoms with Crippen molar-refractivity contribution in [2.24, 2.45) is 7.05 Å². The molecular formula is C18H18ClN3O. The maximum atomic E-state index is 12.5. The molecule has 23 heavy (non-hydrogen) atoms. The predicted molar refractivity (Wildman–Crippen MR) is 93.6 cm³/mol. The SMILES string of the molecule is CN(Cc1ccc(Cl)nc1)Cc1cc2ccccc2n(C)c1=O. The molecule has 0 bridgehead atoms. The summed E-state index contributed by atoms with van der Waals surface area (Å²) in [5.41, 5.74) is 2.85. The van der Waals surface area contributed by atoms with E-state index < -0.39 is 0 Å². The Bertz CT molecular complexity index is 887. The Morgan fingerprint density at radius 3 is 2.70 bits per heavy atom. The molecule has 0 aliphatic rings. The number of rotatable bonds is 4. The number of aryl methyl sites for hydroxylation is 1. The maximum absolute atomic E-state index is 12.5. The van der Waals surface area contributed by atoms with E-state index in [2.05, 4.69) is 9.88 Å². The van der Waals surface area contributed by atoms with Gasteiger partial charge in [-0.2, -0.15) is 0 Å². The van der Waals surface area contributed by atoms with E-state index in [4.69, 9.17) is 11.6 Å². The van der Waals surface area contributed by atoms with Crippen LogP contribution >= 0.6 is 11.6 Å². The Labute approximate surface area is 140 Å². The van der Waals surface area contributed by atoms with Gasteiger partial charge in [0.2, 0.25) is 0 Å². The quantitative estimate of drug-likeness (QED) is 0.691. The Balaban J connectivity index is 1.84. The minimum atomic E-state index is 0.0461. The molecule has 0 aliphatic heterocycles. The first-order valence-corrected chi connectivity index (χ1v) is 7.79. The largest absolute Gasteiger partial charge is 0.311 e. The van der Waals surface area contributed by atoms with Crippen LogP contribution in [0, 0.1) is 0 Å². The highest BCUT2D eigenvalue weighted by Crippen LogP contribution is 2.14. The summed E-state index contributed by atoms with van der Waals surface area (Å²) >= 11 is 5.80. The summed E-state index contributed by atoms with van der Waals surface area (Å²) in [6.45, 7) is 1.29. The third-order valence-electron chi connectivity index (χ3n) is 3.89. The number of para-hydroxylation sites is 1. The van der Waals surface area contributed by atoms with E-state index in [1.807, 2.05) is 50.5 Å². The molecule has 2 heterocycles. The van der Waals surface area contributed by atoms with Crippen LogP contribution in [-0.2, 0) is 20.1 Å². The molecule has 0 aliphatic carbocycles. The van der Waals surface area contributed by atoms with Crippen LogP contribution in [0.5, 0.6) is 0 Å². The van der Waals surface area contributed by atoms with Crippen molar-refractivity contribution in [2.75, 3.05) is 7.05 Å². The van der Waals surface area contributed by atoms with Gasteiger partial charge in [0, 0.05) is 31.9 Å². The zero-order valence-electron chi connectivity index (χ0n) is 13.2. The van der Waals surface area contributed by atoms with Crippen molar-refractivity contribution < 1.29 is 0 Å². The number of aromatic nitrogens is 2. The summed E-state index contributed by atoms with van der Waals surface area (Å²) in [6.07, 6.45) is 1.76. The average molecular weight is 328 g/mol. The van der Waals surface area contributed by atoms with Crippen LogP contribution in [0.25, 0.3) is 10.9 Å². The topological polar surface area (TPSA) is 38.1 Å². The fourth-order valence-electron chi connectivity index (χ4n) is 2.76. The zero-order chi connectivity index (χ0) is 16.4. The van der Waals surface area contributed by atoms with Crippen molar-refractivity contribution in [1.29, 1.82) is 0 Å². The summed E-state index contributed by atoms with van der Waals surface area (Å²) in [6, 6.07) is 13.6. The fourth-order valence-corrected chi connectivity index (χ4v) is 2.87. The van der Waals surface area contributed by atoms with E-state index in [1.165, 1.54) is 0 Å². The maximum Gasteiger partial charge on any atom is 0.255 e. The second-order valence-electron chi connectivity index (χ2n) is 5.75. The molecule has 0 saturated heterocycles. The van der Waals surface area contributed by atoms with Crippen LogP contribution in [0.4, 0.5) is 0 Å². The Morgan fingerprint density at radius 2 is 1.96 bits per heavy atom. The van der Waals surface area contributed by atoms with Gasteiger partial charge in [0.15, 0.2) is 0 Å². The van der Waals surface area contributed by atoms with E-state index in [1.54, 1.807) is 16.8 Å². The standard InChI is InChI=1S/C18H18ClN3O/c1-21(11-13-7-8-17(19)20-10-13)12-15-9-14-5-3-4-6-16(14)22(2)18(15)23/h3-10H,11-12H2,1-2H3. The molecule has 5 heteroatoms. The number of benzene rings is 1. The lowest BCUT2D eigenvalue weighted by Crippen LogP contribution is -2.27. The average Bonchev–Trinajstić information content (AvgIpc) is 2.54. The van der Waals surface area contributed by atoms with E-state index in [0.29, 0.717) is 18.2 Å². The van der Waals surface area contributed by atoms with Gasteiger partial charge in [-0.15, -0.1) is 0 Å². The number of fused-ring (bicyclic) bond motifs is 1. The Kier molecular flexibility index (Phi) is 4.46. The zero-order valence-corrected chi connectivity index (χ0v) is 13.9. The number of hydrogen-bond donors (Lipinski definition) is 0. The summed E-state index contributed by atoms with van der Waals surface area (Å²) < 4.78 is 1.71. The van der Waals surface area contributed by atoms with E-state index in [-0.39, 0.29) is 5.56 Å². The third-order valence-corrected chi connectivity index (χ3v) is 4.11. The third kappa shape index (κ3) is 3.44. The summed E-state index contributed by atoms with van der Waals surface area (Å²) in [5, 5.41) is 1.56. The van der Waals surface area contributed by atoms with Gasteiger partial charge in [-0.1, -0.05) is 35.9 Å². The van der Waals surface area contributed by atoms with Gasteiger partial charge in [-0.3, -0.25) is 9.69 Å². The normalized spacial score (nSPS) is 11.3. The van der Waals surface area contributed by atoms with Gasteiger partial charge in [0.1, 0.15) is 5.15 Å². The molecule has 1 aromatic carbocycles. The molecular weight excluding hydrogens is 310 g/mol. The van der Waals surface area contributed by atoms with Crippen molar-refractivity contribution in [3.8, 4) is 0 Å². The Morgan fingerprint density at radius 1 is 1.17 bits per heavy atom. The van der Waals surface area contributed by atoms with Gasteiger partial charge in [0.25, 0.3) is 5.56 Å². The van der Waals surface area contributed by atoms with Crippen LogP contribution in [-0.4, -0.2) is 21.5 Å². The number of hydrogen-bond acceptors (Lipinski definition) is 3. The molecule has 0 amide bonds. The molecule has 0 radical (unpaired) electrons. The highest BCUT2D eigenvalue weighted by molar-refractivity contribution is 6.29. The smallest absolute Gasteiger partial charge is 0.255 e. The molecule has 4 nitrogen and oxygen atoms in total. The van der Waals surface area contributed by atoms with Crippen LogP contribution < -0.4 is 5.56 Å². The first-order valence-electron chi connectivity index (χ1n) is 7.41. The van der Waals surface area contributed by atoms with Gasteiger partial charge in [-0.25, -0.2) is 4.98 Å². The van der Waals surface area contributed by atoms with Gasteiger partial charge in [0.05, 0.1) is 5.52 Å². The van der Waals surface area contributed by atoms with Crippen LogP contribution in [0.2, 0.25) is 5.15 Å². The predicted octanol–water partition coefficient (Wildman–Crippen LogP) is 3.22. The monoisotopic (exact) mass is 327 g/mol. The molecule has 118 valence electrons. The van der Waals surface area contributed by atoms with Crippen molar-refractivity contribution in [2.45, 2.75) is 13.1 Å². The fraction of sp³-hybridized carbons (Fsp3) is 0.222. The molecule has 0 unspecified atom stereocenters. The van der Waals surface area contributed by atoms with Crippen LogP contribution in [0.15, 0.2) is 53.5 Å². The summed E-state index contributed by atoms with van der Waals surface area (Å²) in [4.78, 5) is 18.7. The lowest BCUT2D eigenvalue weighted by Gasteiger charge is -2.17. The molecule has 0 fully saturated rings. The van der Waals surface area contributed by atoms with Gasteiger partial charge >= 0.3 is 0 Å². The van der Waals surface area contributed by atoms with E-state index >= 15 is 0 Å². The Hall–Kier alpha value is -2.17. The lowest BCUT2D eigenvalue weighted by molar-refractivity contribution is 0.317. The van der Waals surface area contributed by atoms with Crippen molar-refractivity contribution >= 4 is 22.5 Å². The number of pyridine rings is 2. The molecule has 3 aromatic rings. The van der Waals surface area contributed by atoms with E-state index in [9.17, 15) is 4.79 Å². The second kappa shape index (κ2) is 6.52. The molecule has 0 atom stereocenters. The van der Waals surface area contributed by atoms with Crippen LogP contribution in [0.1, 0.15) is 11.1 Å². The van der Waals surface area contributed by atoms with Crippen molar-refractivity contribution in [3.05, 3.63) is 75.3 Å². The molecule has 3 rings (SSSR count). The first kappa shape index (κ1) is 15.7. The van der Waals surface area contributed by atoms with Crippen molar-refractivity contribution in [1.82, 2.24) is 14.5 Å². The number of nitrogens with zero attached hydrogens (tertiary/aromatic N) is 3. The summed E-state index contributed by atoms with van der Waals surface area (Å²) in [5.74, 6) is 0. The lowest BCUT2D eigenvalue weighted by atomic mass is 10.1.